The van der Waals surface area contributed by atoms with Crippen LogP contribution < -0.4 is 0 Å². The summed E-state index contributed by atoms with van der Waals surface area (Å²) < 4.78 is 5.58. The molecular weight excluding hydrogens is 176 g/mol. The number of hydrogen-bond acceptors (Lipinski definition) is 2. The molecule has 1 aliphatic heterocycles. The quantitative estimate of drug-likeness (QED) is 0.553. The first-order valence-electron chi connectivity index (χ1n) is 5.84. The molecular formula is C12H18O2. The molecule has 14 heavy (non-hydrogen) atoms. The molecule has 0 spiro atoms. The molecule has 0 aromatic carbocycles. The zero-order valence-electron chi connectivity index (χ0n) is 8.95. The second-order valence-corrected chi connectivity index (χ2v) is 5.53. The van der Waals surface area contributed by atoms with E-state index in [0.717, 1.165) is 0 Å². The molecule has 3 rings (SSSR count). The van der Waals surface area contributed by atoms with Gasteiger partial charge in [-0.1, -0.05) is 26.7 Å². The van der Waals surface area contributed by atoms with E-state index in [-0.39, 0.29) is 18.1 Å². The molecule has 5 atom stereocenters. The van der Waals surface area contributed by atoms with Crippen LogP contribution in [0, 0.1) is 17.3 Å². The van der Waals surface area contributed by atoms with Crippen molar-refractivity contribution in [2.45, 2.75) is 51.7 Å². The molecule has 0 N–H and O–H groups in total. The molecule has 3 aliphatic rings. The zero-order valence-corrected chi connectivity index (χ0v) is 8.95. The van der Waals surface area contributed by atoms with Gasteiger partial charge in [-0.2, -0.15) is 0 Å². The Labute approximate surface area is 85.0 Å². The van der Waals surface area contributed by atoms with Crippen molar-refractivity contribution in [2.75, 3.05) is 0 Å². The largest absolute Gasteiger partial charge is 0.361 e. The predicted octanol–water partition coefficient (Wildman–Crippen LogP) is 2.17. The van der Waals surface area contributed by atoms with Crippen LogP contribution in [0.2, 0.25) is 0 Å². The van der Waals surface area contributed by atoms with Crippen molar-refractivity contribution in [3.63, 3.8) is 0 Å². The molecule has 0 amide bonds. The Kier molecular flexibility index (Phi) is 1.65. The van der Waals surface area contributed by atoms with Crippen molar-refractivity contribution in [1.82, 2.24) is 0 Å². The van der Waals surface area contributed by atoms with Crippen LogP contribution in [-0.4, -0.2) is 18.0 Å². The van der Waals surface area contributed by atoms with Crippen LogP contribution >= 0.6 is 0 Å². The molecule has 0 bridgehead atoms. The Morgan fingerprint density at radius 2 is 2.21 bits per heavy atom. The summed E-state index contributed by atoms with van der Waals surface area (Å²) in [4.78, 5) is 11.8. The number of rotatable bonds is 0. The fourth-order valence-corrected chi connectivity index (χ4v) is 3.85. The number of carbonyl (C=O) groups is 1. The number of epoxide rings is 1. The molecule has 78 valence electrons. The first kappa shape index (κ1) is 8.90. The molecule has 1 saturated heterocycles. The minimum Gasteiger partial charge on any atom is -0.361 e. The van der Waals surface area contributed by atoms with Gasteiger partial charge >= 0.3 is 0 Å². The Morgan fingerprint density at radius 1 is 1.43 bits per heavy atom. The van der Waals surface area contributed by atoms with Crippen LogP contribution in [-0.2, 0) is 9.53 Å². The van der Waals surface area contributed by atoms with E-state index in [9.17, 15) is 4.79 Å². The average Bonchev–Trinajstić information content (AvgIpc) is 2.95. The van der Waals surface area contributed by atoms with Crippen molar-refractivity contribution >= 4 is 5.78 Å². The Morgan fingerprint density at radius 3 is 3.00 bits per heavy atom. The Balaban J connectivity index is 1.95. The topological polar surface area (TPSA) is 29.6 Å². The number of ketones is 1. The molecule has 0 aromatic heterocycles. The predicted molar refractivity (Wildman–Crippen MR) is 52.9 cm³/mol. The molecule has 2 saturated carbocycles. The third kappa shape index (κ3) is 0.928. The molecule has 1 heterocycles. The molecule has 5 unspecified atom stereocenters. The zero-order chi connectivity index (χ0) is 9.92. The summed E-state index contributed by atoms with van der Waals surface area (Å²) in [7, 11) is 0. The van der Waals surface area contributed by atoms with E-state index >= 15 is 0 Å². The third-order valence-electron chi connectivity index (χ3n) is 4.80. The van der Waals surface area contributed by atoms with E-state index in [1.807, 2.05) is 0 Å². The van der Waals surface area contributed by atoms with Crippen molar-refractivity contribution in [3.05, 3.63) is 0 Å². The summed E-state index contributed by atoms with van der Waals surface area (Å²) in [6, 6.07) is 0. The van der Waals surface area contributed by atoms with Crippen LogP contribution in [0.25, 0.3) is 0 Å². The highest BCUT2D eigenvalue weighted by Gasteiger charge is 2.64. The van der Waals surface area contributed by atoms with Crippen LogP contribution in [0.5, 0.6) is 0 Å². The fourth-order valence-electron chi connectivity index (χ4n) is 3.85. The number of Topliss-reactive ketones (excluding diaryl/α,β-unsaturated/α-hetero) is 1. The van der Waals surface area contributed by atoms with Crippen molar-refractivity contribution in [3.8, 4) is 0 Å². The molecule has 0 aromatic rings. The summed E-state index contributed by atoms with van der Waals surface area (Å²) in [6.45, 7) is 4.44. The standard InChI is InChI=1S/C12H18O2/c1-7-8-5-3-4-6-12(8,2)11-10(14-11)9(7)13/h7-8,10-11H,3-6H2,1-2H3. The maximum atomic E-state index is 11.8. The van der Waals surface area contributed by atoms with Gasteiger partial charge in [0.1, 0.15) is 6.10 Å². The lowest BCUT2D eigenvalue weighted by Gasteiger charge is -2.45. The molecule has 2 heteroatoms. The second kappa shape index (κ2) is 2.60. The molecule has 3 fully saturated rings. The normalized spacial score (nSPS) is 56.3. The number of carbonyl (C=O) groups excluding carboxylic acids is 1. The minimum atomic E-state index is -0.0238. The van der Waals surface area contributed by atoms with Gasteiger partial charge in [-0.15, -0.1) is 0 Å². The van der Waals surface area contributed by atoms with E-state index in [1.165, 1.54) is 25.7 Å². The average molecular weight is 194 g/mol. The lowest BCUT2D eigenvalue weighted by molar-refractivity contribution is -0.129. The molecule has 2 aliphatic carbocycles. The van der Waals surface area contributed by atoms with Gasteiger partial charge in [-0.3, -0.25) is 4.79 Å². The van der Waals surface area contributed by atoms with Crippen LogP contribution in [0.1, 0.15) is 39.5 Å². The highest BCUT2D eigenvalue weighted by Crippen LogP contribution is 2.58. The van der Waals surface area contributed by atoms with Crippen molar-refractivity contribution < 1.29 is 9.53 Å². The lowest BCUT2D eigenvalue weighted by atomic mass is 9.57. The van der Waals surface area contributed by atoms with Gasteiger partial charge < -0.3 is 4.74 Å². The summed E-state index contributed by atoms with van der Waals surface area (Å²) in [5.74, 6) is 1.20. The Hall–Kier alpha value is -0.370. The summed E-state index contributed by atoms with van der Waals surface area (Å²) >= 11 is 0. The number of ether oxygens (including phenoxy) is 1. The first-order valence-corrected chi connectivity index (χ1v) is 5.84. The fraction of sp³-hybridized carbons (Fsp3) is 0.917. The first-order chi connectivity index (χ1) is 6.64. The number of fused-ring (bicyclic) bond motifs is 3. The van der Waals surface area contributed by atoms with E-state index in [2.05, 4.69) is 13.8 Å². The van der Waals surface area contributed by atoms with Crippen molar-refractivity contribution in [2.24, 2.45) is 17.3 Å². The van der Waals surface area contributed by atoms with Gasteiger partial charge in [0.05, 0.1) is 6.10 Å². The summed E-state index contributed by atoms with van der Waals surface area (Å²) in [6.07, 6.45) is 5.36. The van der Waals surface area contributed by atoms with Crippen LogP contribution in [0.3, 0.4) is 0 Å². The van der Waals surface area contributed by atoms with Gasteiger partial charge in [0.2, 0.25) is 0 Å². The van der Waals surface area contributed by atoms with E-state index in [4.69, 9.17) is 4.74 Å². The van der Waals surface area contributed by atoms with Gasteiger partial charge in [0.25, 0.3) is 0 Å². The van der Waals surface area contributed by atoms with Gasteiger partial charge in [-0.05, 0) is 18.8 Å². The van der Waals surface area contributed by atoms with Gasteiger partial charge in [0.15, 0.2) is 5.78 Å². The van der Waals surface area contributed by atoms with Crippen LogP contribution in [0.15, 0.2) is 0 Å². The summed E-state index contributed by atoms with van der Waals surface area (Å²) in [5.41, 5.74) is 0.316. The maximum absolute atomic E-state index is 11.8. The second-order valence-electron chi connectivity index (χ2n) is 5.53. The maximum Gasteiger partial charge on any atom is 0.167 e. The van der Waals surface area contributed by atoms with Gasteiger partial charge in [0, 0.05) is 11.3 Å². The lowest BCUT2D eigenvalue weighted by Crippen LogP contribution is -2.48. The van der Waals surface area contributed by atoms with Crippen LogP contribution in [0.4, 0.5) is 0 Å². The molecule has 0 radical (unpaired) electrons. The highest BCUT2D eigenvalue weighted by atomic mass is 16.6. The third-order valence-corrected chi connectivity index (χ3v) is 4.80. The highest BCUT2D eigenvalue weighted by molar-refractivity contribution is 5.89. The molecule has 2 nitrogen and oxygen atoms in total. The van der Waals surface area contributed by atoms with Crippen molar-refractivity contribution in [1.29, 1.82) is 0 Å². The SMILES string of the molecule is CC1C(=O)C2OC2C2(C)CCCCC12. The van der Waals surface area contributed by atoms with Gasteiger partial charge in [-0.25, -0.2) is 0 Å². The Bertz CT molecular complexity index is 286. The smallest absolute Gasteiger partial charge is 0.167 e. The summed E-state index contributed by atoms with van der Waals surface area (Å²) in [5, 5.41) is 0. The monoisotopic (exact) mass is 194 g/mol. The van der Waals surface area contributed by atoms with E-state index in [1.54, 1.807) is 0 Å². The van der Waals surface area contributed by atoms with E-state index < -0.39 is 0 Å². The van der Waals surface area contributed by atoms with E-state index in [0.29, 0.717) is 17.1 Å². The number of hydrogen-bond donors (Lipinski definition) is 0. The minimum absolute atomic E-state index is 0.0238.